The van der Waals surface area contributed by atoms with E-state index >= 15 is 0 Å². The number of carbonyl (C=O) groups is 1. The highest BCUT2D eigenvalue weighted by Crippen LogP contribution is 2.17. The molecule has 0 unspecified atom stereocenters. The molecule has 1 aromatic heterocycles. The number of benzene rings is 2. The Balaban J connectivity index is 1.61. The van der Waals surface area contributed by atoms with Crippen LogP contribution in [0.3, 0.4) is 0 Å². The van der Waals surface area contributed by atoms with Crippen molar-refractivity contribution in [3.8, 4) is 5.75 Å². The highest BCUT2D eigenvalue weighted by atomic mass is 79.9. The summed E-state index contributed by atoms with van der Waals surface area (Å²) in [6.07, 6.45) is 1.66. The van der Waals surface area contributed by atoms with Gasteiger partial charge >= 0.3 is 0 Å². The summed E-state index contributed by atoms with van der Waals surface area (Å²) >= 11 is 3.46. The third-order valence-corrected chi connectivity index (χ3v) is 4.15. The second-order valence-electron chi connectivity index (χ2n) is 5.61. The van der Waals surface area contributed by atoms with Gasteiger partial charge in [0.1, 0.15) is 11.6 Å². The van der Waals surface area contributed by atoms with E-state index in [4.69, 9.17) is 4.74 Å². The van der Waals surface area contributed by atoms with Crippen molar-refractivity contribution in [3.63, 3.8) is 0 Å². The van der Waals surface area contributed by atoms with Crippen LogP contribution in [0.2, 0.25) is 0 Å². The second-order valence-corrected chi connectivity index (χ2v) is 6.52. The molecule has 2 aromatic carbocycles. The van der Waals surface area contributed by atoms with E-state index in [1.165, 1.54) is 0 Å². The van der Waals surface area contributed by atoms with Crippen molar-refractivity contribution in [2.24, 2.45) is 0 Å². The Morgan fingerprint density at radius 3 is 2.84 bits per heavy atom. The van der Waals surface area contributed by atoms with E-state index in [-0.39, 0.29) is 12.5 Å². The van der Waals surface area contributed by atoms with Crippen LogP contribution in [0.4, 0.5) is 5.82 Å². The molecule has 0 spiro atoms. The maximum Gasteiger partial charge on any atom is 0.263 e. The molecule has 0 aliphatic carbocycles. The van der Waals surface area contributed by atoms with Crippen LogP contribution in [0.15, 0.2) is 65.3 Å². The van der Waals surface area contributed by atoms with E-state index in [2.05, 4.69) is 26.3 Å². The number of carbonyl (C=O) groups excluding carboxylic acids is 1. The molecular formula is C19H18BrN3O2. The SMILES string of the molecule is Cc1ccccc1OCC(=O)Nc1ccnn1Cc1cccc(Br)c1. The summed E-state index contributed by atoms with van der Waals surface area (Å²) in [5.74, 6) is 1.12. The van der Waals surface area contributed by atoms with Crippen LogP contribution in [-0.4, -0.2) is 22.3 Å². The van der Waals surface area contributed by atoms with E-state index < -0.39 is 0 Å². The number of hydrogen-bond acceptors (Lipinski definition) is 3. The summed E-state index contributed by atoms with van der Waals surface area (Å²) in [5, 5.41) is 7.11. The second kappa shape index (κ2) is 7.98. The lowest BCUT2D eigenvalue weighted by Gasteiger charge is -2.11. The number of halogens is 1. The number of hydrogen-bond donors (Lipinski definition) is 1. The molecule has 0 radical (unpaired) electrons. The zero-order chi connectivity index (χ0) is 17.6. The molecule has 5 nitrogen and oxygen atoms in total. The van der Waals surface area contributed by atoms with Gasteiger partial charge in [-0.25, -0.2) is 4.68 Å². The number of amides is 1. The van der Waals surface area contributed by atoms with Crippen LogP contribution in [-0.2, 0) is 11.3 Å². The van der Waals surface area contributed by atoms with Crippen molar-refractivity contribution < 1.29 is 9.53 Å². The van der Waals surface area contributed by atoms with Gasteiger partial charge in [-0.3, -0.25) is 4.79 Å². The zero-order valence-electron chi connectivity index (χ0n) is 13.8. The maximum atomic E-state index is 12.2. The number of ether oxygens (including phenoxy) is 1. The Labute approximate surface area is 154 Å². The van der Waals surface area contributed by atoms with E-state index in [1.54, 1.807) is 16.9 Å². The van der Waals surface area contributed by atoms with Crippen LogP contribution < -0.4 is 10.1 Å². The fraction of sp³-hybridized carbons (Fsp3) is 0.158. The van der Waals surface area contributed by atoms with E-state index in [1.807, 2.05) is 55.5 Å². The first-order valence-electron chi connectivity index (χ1n) is 7.86. The first kappa shape index (κ1) is 17.2. The molecule has 3 rings (SSSR count). The molecule has 1 N–H and O–H groups in total. The molecular weight excluding hydrogens is 382 g/mol. The van der Waals surface area contributed by atoms with Crippen molar-refractivity contribution in [2.45, 2.75) is 13.5 Å². The van der Waals surface area contributed by atoms with Crippen LogP contribution in [0.5, 0.6) is 5.75 Å². The van der Waals surface area contributed by atoms with Gasteiger partial charge in [-0.2, -0.15) is 5.10 Å². The molecule has 0 atom stereocenters. The molecule has 0 aliphatic rings. The Bertz CT molecular complexity index is 876. The zero-order valence-corrected chi connectivity index (χ0v) is 15.4. The number of aromatic nitrogens is 2. The number of anilines is 1. The van der Waals surface area contributed by atoms with Crippen molar-refractivity contribution in [3.05, 3.63) is 76.4 Å². The summed E-state index contributed by atoms with van der Waals surface area (Å²) < 4.78 is 8.33. The Kier molecular flexibility index (Phi) is 5.50. The number of aryl methyl sites for hydroxylation is 1. The highest BCUT2D eigenvalue weighted by Gasteiger charge is 2.09. The molecule has 0 aliphatic heterocycles. The Hall–Kier alpha value is -2.60. The molecule has 0 saturated heterocycles. The molecule has 25 heavy (non-hydrogen) atoms. The molecule has 3 aromatic rings. The van der Waals surface area contributed by atoms with Gasteiger partial charge in [0.15, 0.2) is 6.61 Å². The standard InChI is InChI=1S/C19H18BrN3O2/c1-14-5-2-3-8-17(14)25-13-19(24)22-18-9-10-21-23(18)12-15-6-4-7-16(20)11-15/h2-11H,12-13H2,1H3,(H,22,24). The summed E-state index contributed by atoms with van der Waals surface area (Å²) in [4.78, 5) is 12.2. The number of rotatable bonds is 6. The average Bonchev–Trinajstić information content (AvgIpc) is 3.01. The topological polar surface area (TPSA) is 56.1 Å². The first-order valence-corrected chi connectivity index (χ1v) is 8.65. The predicted octanol–water partition coefficient (Wildman–Crippen LogP) is 4.02. The highest BCUT2D eigenvalue weighted by molar-refractivity contribution is 9.10. The third kappa shape index (κ3) is 4.70. The normalized spacial score (nSPS) is 10.5. The summed E-state index contributed by atoms with van der Waals surface area (Å²) in [7, 11) is 0. The van der Waals surface area contributed by atoms with Crippen molar-refractivity contribution in [1.82, 2.24) is 9.78 Å². The van der Waals surface area contributed by atoms with Crippen LogP contribution in [0.1, 0.15) is 11.1 Å². The summed E-state index contributed by atoms with van der Waals surface area (Å²) in [6, 6.07) is 17.4. The Morgan fingerprint density at radius 1 is 1.20 bits per heavy atom. The monoisotopic (exact) mass is 399 g/mol. The fourth-order valence-electron chi connectivity index (χ4n) is 2.41. The molecule has 0 bridgehead atoms. The van der Waals surface area contributed by atoms with Gasteiger partial charge in [-0.05, 0) is 36.2 Å². The van der Waals surface area contributed by atoms with Crippen LogP contribution in [0.25, 0.3) is 0 Å². The molecule has 128 valence electrons. The number of para-hydroxylation sites is 1. The molecule has 0 saturated carbocycles. The van der Waals surface area contributed by atoms with E-state index in [0.29, 0.717) is 18.1 Å². The van der Waals surface area contributed by atoms with Gasteiger partial charge in [0.05, 0.1) is 12.7 Å². The maximum absolute atomic E-state index is 12.2. The van der Waals surface area contributed by atoms with E-state index in [9.17, 15) is 4.79 Å². The smallest absolute Gasteiger partial charge is 0.263 e. The number of nitrogens with one attached hydrogen (secondary N) is 1. The molecule has 1 heterocycles. The number of nitrogens with zero attached hydrogens (tertiary/aromatic N) is 2. The van der Waals surface area contributed by atoms with Crippen LogP contribution in [0, 0.1) is 6.92 Å². The minimum absolute atomic E-state index is 0.0487. The quantitative estimate of drug-likeness (QED) is 0.680. The average molecular weight is 400 g/mol. The Morgan fingerprint density at radius 2 is 2.04 bits per heavy atom. The largest absolute Gasteiger partial charge is 0.483 e. The van der Waals surface area contributed by atoms with Gasteiger partial charge in [0, 0.05) is 10.5 Å². The van der Waals surface area contributed by atoms with Crippen molar-refractivity contribution in [2.75, 3.05) is 11.9 Å². The van der Waals surface area contributed by atoms with Gasteiger partial charge in [-0.1, -0.05) is 46.3 Å². The summed E-state index contributed by atoms with van der Waals surface area (Å²) in [5.41, 5.74) is 2.08. The minimum atomic E-state index is -0.223. The lowest BCUT2D eigenvalue weighted by molar-refractivity contribution is -0.118. The minimum Gasteiger partial charge on any atom is -0.483 e. The van der Waals surface area contributed by atoms with Crippen molar-refractivity contribution in [1.29, 1.82) is 0 Å². The van der Waals surface area contributed by atoms with Gasteiger partial charge in [0.2, 0.25) is 0 Å². The van der Waals surface area contributed by atoms with Crippen LogP contribution >= 0.6 is 15.9 Å². The van der Waals surface area contributed by atoms with Gasteiger partial charge < -0.3 is 10.1 Å². The molecule has 1 amide bonds. The first-order chi connectivity index (χ1) is 12.1. The lowest BCUT2D eigenvalue weighted by Crippen LogP contribution is -2.22. The molecule has 6 heteroatoms. The van der Waals surface area contributed by atoms with Gasteiger partial charge in [-0.15, -0.1) is 0 Å². The summed E-state index contributed by atoms with van der Waals surface area (Å²) in [6.45, 7) is 2.47. The van der Waals surface area contributed by atoms with Crippen molar-refractivity contribution >= 4 is 27.7 Å². The lowest BCUT2D eigenvalue weighted by atomic mass is 10.2. The van der Waals surface area contributed by atoms with Gasteiger partial charge in [0.25, 0.3) is 5.91 Å². The van der Waals surface area contributed by atoms with E-state index in [0.717, 1.165) is 15.6 Å². The third-order valence-electron chi connectivity index (χ3n) is 3.66. The predicted molar refractivity (Wildman–Crippen MR) is 101 cm³/mol. The molecule has 0 fully saturated rings. The fourth-order valence-corrected chi connectivity index (χ4v) is 2.86.